The van der Waals surface area contributed by atoms with Gasteiger partial charge in [-0.1, -0.05) is 6.92 Å². The molecule has 120 valence electrons. The topological polar surface area (TPSA) is 88.1 Å². The Bertz CT molecular complexity index is 406. The fourth-order valence-corrected chi connectivity index (χ4v) is 2.29. The molecule has 0 amide bonds. The van der Waals surface area contributed by atoms with E-state index in [1.807, 2.05) is 13.8 Å². The first kappa shape index (κ1) is 17.4. The van der Waals surface area contributed by atoms with Crippen LogP contribution in [0.3, 0.4) is 0 Å². The van der Waals surface area contributed by atoms with Crippen molar-refractivity contribution in [1.82, 2.24) is 0 Å². The summed E-state index contributed by atoms with van der Waals surface area (Å²) in [5, 5.41) is 0. The Balaban J connectivity index is 2.94. The minimum Gasteiger partial charge on any atom is -0.463 e. The summed E-state index contributed by atoms with van der Waals surface area (Å²) < 4.78 is 21.2. The molecule has 1 aliphatic rings. The number of rotatable bonds is 4. The van der Waals surface area contributed by atoms with E-state index < -0.39 is 36.2 Å². The average Bonchev–Trinajstić information content (AvgIpc) is 2.35. The minimum atomic E-state index is -0.808. The number of carbonyl (C=O) groups is 3. The van der Waals surface area contributed by atoms with E-state index in [0.29, 0.717) is 0 Å². The second kappa shape index (κ2) is 7.40. The minimum absolute atomic E-state index is 0.0674. The van der Waals surface area contributed by atoms with Crippen LogP contribution in [0.4, 0.5) is 0 Å². The predicted molar refractivity (Wildman–Crippen MR) is 71.2 cm³/mol. The second-order valence-electron chi connectivity index (χ2n) is 5.19. The number of carbonyl (C=O) groups excluding carboxylic acids is 3. The maximum atomic E-state index is 11.3. The fourth-order valence-electron chi connectivity index (χ4n) is 2.29. The van der Waals surface area contributed by atoms with Crippen molar-refractivity contribution < 1.29 is 33.3 Å². The van der Waals surface area contributed by atoms with Gasteiger partial charge < -0.3 is 18.9 Å². The molecule has 0 aromatic carbocycles. The smallest absolute Gasteiger partial charge is 0.303 e. The third-order valence-electron chi connectivity index (χ3n) is 3.39. The first-order valence-corrected chi connectivity index (χ1v) is 6.85. The lowest BCUT2D eigenvalue weighted by atomic mass is 9.88. The lowest BCUT2D eigenvalue weighted by molar-refractivity contribution is -0.228. The van der Waals surface area contributed by atoms with Crippen LogP contribution < -0.4 is 0 Å². The molecule has 1 heterocycles. The van der Waals surface area contributed by atoms with Gasteiger partial charge in [0.05, 0.1) is 6.10 Å². The summed E-state index contributed by atoms with van der Waals surface area (Å²) in [4.78, 5) is 33.5. The fraction of sp³-hybridized carbons (Fsp3) is 0.786. The molecule has 0 radical (unpaired) electrons. The lowest BCUT2D eigenvalue weighted by Crippen LogP contribution is -2.57. The monoisotopic (exact) mass is 302 g/mol. The molecule has 5 atom stereocenters. The van der Waals surface area contributed by atoms with E-state index >= 15 is 0 Å². The molecule has 0 saturated carbocycles. The van der Waals surface area contributed by atoms with E-state index in [1.165, 1.54) is 20.8 Å². The van der Waals surface area contributed by atoms with Crippen LogP contribution in [-0.2, 0) is 33.3 Å². The first-order valence-electron chi connectivity index (χ1n) is 6.85. The average molecular weight is 302 g/mol. The van der Waals surface area contributed by atoms with Crippen molar-refractivity contribution in [2.45, 2.75) is 59.0 Å². The third-order valence-corrected chi connectivity index (χ3v) is 3.39. The lowest BCUT2D eigenvalue weighted by Gasteiger charge is -2.43. The molecule has 0 unspecified atom stereocenters. The molecule has 0 bridgehead atoms. The van der Waals surface area contributed by atoms with Gasteiger partial charge in [0.15, 0.2) is 6.10 Å². The highest BCUT2D eigenvalue weighted by molar-refractivity contribution is 5.67. The molecular formula is C14H22O7. The van der Waals surface area contributed by atoms with Gasteiger partial charge in [-0.05, 0) is 6.92 Å². The van der Waals surface area contributed by atoms with E-state index in [0.717, 1.165) is 0 Å². The molecule has 0 aromatic rings. The van der Waals surface area contributed by atoms with Crippen LogP contribution in [0.1, 0.15) is 34.6 Å². The molecule has 1 rings (SSSR count). The summed E-state index contributed by atoms with van der Waals surface area (Å²) in [5.41, 5.74) is 0. The highest BCUT2D eigenvalue weighted by atomic mass is 16.6. The number of hydrogen-bond acceptors (Lipinski definition) is 7. The largest absolute Gasteiger partial charge is 0.463 e. The van der Waals surface area contributed by atoms with E-state index in [9.17, 15) is 14.4 Å². The van der Waals surface area contributed by atoms with Crippen molar-refractivity contribution >= 4 is 17.9 Å². The molecule has 21 heavy (non-hydrogen) atoms. The van der Waals surface area contributed by atoms with Crippen LogP contribution in [0, 0.1) is 5.92 Å². The van der Waals surface area contributed by atoms with E-state index in [-0.39, 0.29) is 18.6 Å². The van der Waals surface area contributed by atoms with Gasteiger partial charge in [-0.3, -0.25) is 14.4 Å². The Morgan fingerprint density at radius 3 is 1.90 bits per heavy atom. The molecule has 7 heteroatoms. The molecule has 0 aromatic heterocycles. The van der Waals surface area contributed by atoms with E-state index in [1.54, 1.807) is 0 Å². The van der Waals surface area contributed by atoms with E-state index in [2.05, 4.69) is 0 Å². The summed E-state index contributed by atoms with van der Waals surface area (Å²) >= 11 is 0. The zero-order valence-corrected chi connectivity index (χ0v) is 13.0. The SMILES string of the molecule is CC(=O)OC[C@H]1O[C@H](C)[C@@H](C)[C@@H](OC(C)=O)[C@@H]1OC(C)=O. The van der Waals surface area contributed by atoms with Gasteiger partial charge in [0, 0.05) is 26.7 Å². The molecule has 1 saturated heterocycles. The molecule has 7 nitrogen and oxygen atoms in total. The van der Waals surface area contributed by atoms with Gasteiger partial charge in [-0.15, -0.1) is 0 Å². The Morgan fingerprint density at radius 2 is 1.43 bits per heavy atom. The van der Waals surface area contributed by atoms with E-state index in [4.69, 9.17) is 18.9 Å². The molecule has 1 aliphatic heterocycles. The number of hydrogen-bond donors (Lipinski definition) is 0. The van der Waals surface area contributed by atoms with Crippen molar-refractivity contribution in [3.05, 3.63) is 0 Å². The molecule has 0 aliphatic carbocycles. The maximum absolute atomic E-state index is 11.3. The van der Waals surface area contributed by atoms with Gasteiger partial charge in [0.1, 0.15) is 18.8 Å². The highest BCUT2D eigenvalue weighted by Gasteiger charge is 2.46. The summed E-state index contributed by atoms with van der Waals surface area (Å²) in [6.07, 6.45) is -2.36. The quantitative estimate of drug-likeness (QED) is 0.561. The summed E-state index contributed by atoms with van der Waals surface area (Å²) in [6, 6.07) is 0. The zero-order valence-electron chi connectivity index (χ0n) is 13.0. The van der Waals surface area contributed by atoms with Gasteiger partial charge in [-0.2, -0.15) is 0 Å². The first-order chi connectivity index (χ1) is 9.72. The maximum Gasteiger partial charge on any atom is 0.303 e. The van der Waals surface area contributed by atoms with Gasteiger partial charge in [-0.25, -0.2) is 0 Å². The van der Waals surface area contributed by atoms with Gasteiger partial charge in [0.25, 0.3) is 0 Å². The Hall–Kier alpha value is -1.63. The normalized spacial score (nSPS) is 32.1. The van der Waals surface area contributed by atoms with Crippen LogP contribution in [0.2, 0.25) is 0 Å². The van der Waals surface area contributed by atoms with Crippen molar-refractivity contribution in [2.24, 2.45) is 5.92 Å². The van der Waals surface area contributed by atoms with Crippen LogP contribution in [0.5, 0.6) is 0 Å². The summed E-state index contributed by atoms with van der Waals surface area (Å²) in [5.74, 6) is -1.61. The van der Waals surface area contributed by atoms with Gasteiger partial charge in [0.2, 0.25) is 0 Å². The van der Waals surface area contributed by atoms with Gasteiger partial charge >= 0.3 is 17.9 Å². The standard InChI is InChI=1S/C14H22O7/c1-7-8(2)19-12(6-18-9(3)15)14(21-11(5)17)13(7)20-10(4)16/h7-8,12-14H,6H2,1-5H3/t7-,8-,12-,13-,14-/m1/s1. The Morgan fingerprint density at radius 1 is 0.905 bits per heavy atom. The number of esters is 3. The van der Waals surface area contributed by atoms with Crippen molar-refractivity contribution in [3.8, 4) is 0 Å². The van der Waals surface area contributed by atoms with Crippen molar-refractivity contribution in [2.75, 3.05) is 6.61 Å². The summed E-state index contributed by atoms with van der Waals surface area (Å²) in [6.45, 7) is 7.43. The predicted octanol–water partition coefficient (Wildman–Crippen LogP) is 0.836. The highest BCUT2D eigenvalue weighted by Crippen LogP contribution is 2.30. The zero-order chi connectivity index (χ0) is 16.2. The number of ether oxygens (including phenoxy) is 4. The van der Waals surface area contributed by atoms with Crippen LogP contribution in [0.15, 0.2) is 0 Å². The molecule has 0 N–H and O–H groups in total. The third kappa shape index (κ3) is 5.00. The van der Waals surface area contributed by atoms with Crippen molar-refractivity contribution in [1.29, 1.82) is 0 Å². The second-order valence-corrected chi connectivity index (χ2v) is 5.19. The van der Waals surface area contributed by atoms with Crippen LogP contribution in [-0.4, -0.2) is 48.9 Å². The molecule has 0 spiro atoms. The molecular weight excluding hydrogens is 280 g/mol. The molecule has 1 fully saturated rings. The van der Waals surface area contributed by atoms with Crippen LogP contribution >= 0.6 is 0 Å². The summed E-state index contributed by atoms with van der Waals surface area (Å²) in [7, 11) is 0. The van der Waals surface area contributed by atoms with Crippen LogP contribution in [0.25, 0.3) is 0 Å². The Kier molecular flexibility index (Phi) is 6.14. The Labute approximate surface area is 123 Å². The van der Waals surface area contributed by atoms with Crippen molar-refractivity contribution in [3.63, 3.8) is 0 Å².